The Hall–Kier alpha value is -2.93. The molecular formula is C30H32Br2N4O4S. The van der Waals surface area contributed by atoms with Gasteiger partial charge in [0.25, 0.3) is 0 Å². The summed E-state index contributed by atoms with van der Waals surface area (Å²) in [6.07, 6.45) is 4.54. The normalized spacial score (nSPS) is 14.6. The van der Waals surface area contributed by atoms with Crippen LogP contribution in [0.15, 0.2) is 82.0 Å². The molecule has 1 unspecified atom stereocenters. The van der Waals surface area contributed by atoms with Crippen molar-refractivity contribution in [2.75, 3.05) is 13.2 Å². The van der Waals surface area contributed by atoms with Crippen LogP contribution in [0.2, 0.25) is 0 Å². The summed E-state index contributed by atoms with van der Waals surface area (Å²) in [5.74, 6) is -0.801. The quantitative estimate of drug-likeness (QED) is 0.144. The number of pyridine rings is 1. The largest absolute Gasteiger partial charge is 0.477 e. The predicted molar refractivity (Wildman–Crippen MR) is 173 cm³/mol. The first-order chi connectivity index (χ1) is 19.5. The van der Waals surface area contributed by atoms with Crippen molar-refractivity contribution in [3.63, 3.8) is 0 Å². The van der Waals surface area contributed by atoms with Gasteiger partial charge in [-0.05, 0) is 72.8 Å². The standard InChI is InChI=1S/C10H8BrNO.C9H5BrO2S.C7H10N2.C4H9NO/c1-6(13)9-4-7-2-3-8(11)5-10(7)12-9;10-6-2-1-5-3-8(9(11)12)13-7(5)4-6;1-6(8)7-2-4-9-5-3-7;5-4-1-2-6-3-4/h2-5,12H,1H3;1-4H,(H,11,12);2-6H,8H2,1H3;4H,1-3,5H2/t;;6-;/m..1./s1. The Bertz CT molecular complexity index is 1490. The zero-order valence-electron chi connectivity index (χ0n) is 22.6. The predicted octanol–water partition coefficient (Wildman–Crippen LogP) is 7.33. The fourth-order valence-electron chi connectivity index (χ4n) is 3.62. The molecule has 0 aliphatic carbocycles. The number of H-pyrrole nitrogens is 1. The highest BCUT2D eigenvalue weighted by atomic mass is 79.9. The molecule has 1 aliphatic rings. The van der Waals surface area contributed by atoms with Crippen LogP contribution in [0.25, 0.3) is 21.0 Å². The van der Waals surface area contributed by atoms with Crippen LogP contribution in [0.1, 0.15) is 52.0 Å². The maximum absolute atomic E-state index is 11.1. The molecule has 2 aromatic carbocycles. The van der Waals surface area contributed by atoms with Gasteiger partial charge in [0.1, 0.15) is 4.88 Å². The summed E-state index contributed by atoms with van der Waals surface area (Å²) in [6.45, 7) is 5.14. The van der Waals surface area contributed by atoms with Crippen molar-refractivity contribution in [3.8, 4) is 0 Å². The Morgan fingerprint density at radius 1 is 1.05 bits per heavy atom. The van der Waals surface area contributed by atoms with E-state index in [-0.39, 0.29) is 11.8 Å². The molecule has 0 bridgehead atoms. The van der Waals surface area contributed by atoms with E-state index in [2.05, 4.69) is 41.8 Å². The van der Waals surface area contributed by atoms with Crippen LogP contribution < -0.4 is 11.5 Å². The zero-order chi connectivity index (χ0) is 29.9. The van der Waals surface area contributed by atoms with Crippen LogP contribution in [-0.2, 0) is 4.74 Å². The van der Waals surface area contributed by atoms with Crippen LogP contribution in [0, 0.1) is 0 Å². The molecule has 4 heterocycles. The number of thiophene rings is 1. The van der Waals surface area contributed by atoms with E-state index >= 15 is 0 Å². The smallest absolute Gasteiger partial charge is 0.345 e. The third-order valence-electron chi connectivity index (χ3n) is 5.85. The fourth-order valence-corrected chi connectivity index (χ4v) is 5.43. The van der Waals surface area contributed by atoms with E-state index in [1.165, 1.54) is 11.3 Å². The van der Waals surface area contributed by atoms with Crippen molar-refractivity contribution in [1.82, 2.24) is 9.97 Å². The van der Waals surface area contributed by atoms with Crippen LogP contribution >= 0.6 is 43.2 Å². The minimum absolute atomic E-state index is 0.0623. The van der Waals surface area contributed by atoms with E-state index in [0.29, 0.717) is 16.6 Å². The van der Waals surface area contributed by atoms with E-state index in [4.69, 9.17) is 21.3 Å². The van der Waals surface area contributed by atoms with E-state index < -0.39 is 5.97 Å². The number of halogens is 2. The van der Waals surface area contributed by atoms with E-state index in [0.717, 1.165) is 55.1 Å². The van der Waals surface area contributed by atoms with Gasteiger partial charge in [0.05, 0.1) is 12.3 Å². The van der Waals surface area contributed by atoms with Crippen molar-refractivity contribution in [2.24, 2.45) is 11.5 Å². The summed E-state index contributed by atoms with van der Waals surface area (Å²) in [5.41, 5.74) is 13.8. The minimum Gasteiger partial charge on any atom is -0.477 e. The van der Waals surface area contributed by atoms with Gasteiger partial charge in [0, 0.05) is 62.6 Å². The highest BCUT2D eigenvalue weighted by Crippen LogP contribution is 2.28. The molecule has 41 heavy (non-hydrogen) atoms. The first-order valence-electron chi connectivity index (χ1n) is 12.7. The summed E-state index contributed by atoms with van der Waals surface area (Å²) in [6, 6.07) is 19.5. The lowest BCUT2D eigenvalue weighted by molar-refractivity contribution is 0.0702. The van der Waals surface area contributed by atoms with E-state index in [1.54, 1.807) is 25.4 Å². The molecule has 8 nitrogen and oxygen atoms in total. The number of fused-ring (bicyclic) bond motifs is 2. The lowest BCUT2D eigenvalue weighted by Crippen LogP contribution is -2.18. The monoisotopic (exact) mass is 702 g/mol. The lowest BCUT2D eigenvalue weighted by atomic mass is 10.1. The molecule has 3 aromatic heterocycles. The van der Waals surface area contributed by atoms with Gasteiger partial charge in [0.2, 0.25) is 0 Å². The number of carboxylic acid groups (broad SMARTS) is 1. The number of rotatable bonds is 3. The second-order valence-electron chi connectivity index (χ2n) is 9.26. The van der Waals surface area contributed by atoms with Crippen molar-refractivity contribution in [3.05, 3.63) is 98.1 Å². The molecule has 0 amide bonds. The topological polar surface area (TPSA) is 144 Å². The molecule has 0 radical (unpaired) electrons. The fraction of sp³-hybridized carbons (Fsp3) is 0.233. The van der Waals surface area contributed by atoms with Crippen LogP contribution in [0.5, 0.6) is 0 Å². The maximum Gasteiger partial charge on any atom is 0.345 e. The highest BCUT2D eigenvalue weighted by molar-refractivity contribution is 9.10. The number of carbonyl (C=O) groups excluding carboxylic acids is 1. The number of hydrogen-bond acceptors (Lipinski definition) is 7. The van der Waals surface area contributed by atoms with E-state index in [9.17, 15) is 9.59 Å². The minimum atomic E-state index is -0.864. The number of carboxylic acids is 1. The summed E-state index contributed by atoms with van der Waals surface area (Å²) >= 11 is 8.00. The van der Waals surface area contributed by atoms with Crippen molar-refractivity contribution >= 4 is 75.9 Å². The van der Waals surface area contributed by atoms with Gasteiger partial charge in [-0.25, -0.2) is 4.79 Å². The molecule has 1 fully saturated rings. The Labute approximate surface area is 259 Å². The van der Waals surface area contributed by atoms with E-state index in [1.807, 2.05) is 61.5 Å². The van der Waals surface area contributed by atoms with Gasteiger partial charge >= 0.3 is 5.97 Å². The first-order valence-corrected chi connectivity index (χ1v) is 15.1. The van der Waals surface area contributed by atoms with Gasteiger partial charge in [-0.3, -0.25) is 9.78 Å². The van der Waals surface area contributed by atoms with Gasteiger partial charge in [-0.1, -0.05) is 44.0 Å². The molecule has 0 spiro atoms. The van der Waals surface area contributed by atoms with Crippen LogP contribution in [0.4, 0.5) is 0 Å². The zero-order valence-corrected chi connectivity index (χ0v) is 26.6. The van der Waals surface area contributed by atoms with Gasteiger partial charge in [-0.15, -0.1) is 11.3 Å². The first kappa shape index (κ1) is 32.6. The molecule has 5 aromatic rings. The summed E-state index contributed by atoms with van der Waals surface area (Å²) < 4.78 is 7.91. The Morgan fingerprint density at radius 2 is 1.71 bits per heavy atom. The molecule has 2 atom stereocenters. The number of carbonyl (C=O) groups is 2. The molecule has 216 valence electrons. The number of Topliss-reactive ketones (excluding diaryl/α,β-unsaturated/α-hetero) is 1. The number of ether oxygens (including phenoxy) is 1. The number of ketones is 1. The van der Waals surface area contributed by atoms with Crippen molar-refractivity contribution in [2.45, 2.75) is 32.4 Å². The van der Waals surface area contributed by atoms with Gasteiger partial charge < -0.3 is 26.3 Å². The molecular weight excluding hydrogens is 672 g/mol. The lowest BCUT2D eigenvalue weighted by Gasteiger charge is -2.01. The summed E-state index contributed by atoms with van der Waals surface area (Å²) in [4.78, 5) is 29.0. The highest BCUT2D eigenvalue weighted by Gasteiger charge is 2.09. The third kappa shape index (κ3) is 10.4. The Balaban J connectivity index is 0.000000156. The third-order valence-corrected chi connectivity index (χ3v) is 7.93. The number of aromatic amines is 1. The number of aromatic nitrogens is 2. The molecule has 11 heteroatoms. The number of aromatic carboxylic acids is 1. The number of hydrogen-bond donors (Lipinski definition) is 4. The van der Waals surface area contributed by atoms with Gasteiger partial charge in [0.15, 0.2) is 5.78 Å². The summed E-state index contributed by atoms with van der Waals surface area (Å²) in [5, 5.41) is 10.8. The number of nitrogens with one attached hydrogen (secondary N) is 1. The van der Waals surface area contributed by atoms with Gasteiger partial charge in [-0.2, -0.15) is 0 Å². The molecule has 1 saturated heterocycles. The van der Waals surface area contributed by atoms with Crippen LogP contribution in [0.3, 0.4) is 0 Å². The second-order valence-corrected chi connectivity index (χ2v) is 12.2. The van der Waals surface area contributed by atoms with Crippen molar-refractivity contribution in [1.29, 1.82) is 0 Å². The van der Waals surface area contributed by atoms with Crippen LogP contribution in [-0.4, -0.2) is 46.1 Å². The second kappa shape index (κ2) is 15.9. The number of benzene rings is 2. The number of nitrogens with zero attached hydrogens (tertiary/aromatic N) is 1. The maximum atomic E-state index is 11.1. The molecule has 6 rings (SSSR count). The molecule has 0 saturated carbocycles. The molecule has 1 aliphatic heterocycles. The Kier molecular flexibility index (Phi) is 12.6. The Morgan fingerprint density at radius 3 is 2.22 bits per heavy atom. The average Bonchev–Trinajstić information content (AvgIpc) is 3.69. The average molecular weight is 704 g/mol. The SMILES string of the molecule is CC(=O)c1cc2ccc(Br)cc2[nH]1.C[C@@H](N)c1ccncc1.NC1CCOC1.O=C(O)c1cc2ccc(Br)cc2s1. The van der Waals surface area contributed by atoms with Crippen molar-refractivity contribution < 1.29 is 19.4 Å². The summed E-state index contributed by atoms with van der Waals surface area (Å²) in [7, 11) is 0. The number of nitrogens with two attached hydrogens (primary N) is 2. The molecule has 6 N–H and O–H groups in total.